The predicted molar refractivity (Wildman–Crippen MR) is 95.4 cm³/mol. The van der Waals surface area contributed by atoms with Gasteiger partial charge in [-0.05, 0) is 61.8 Å². The Morgan fingerprint density at radius 1 is 1.13 bits per heavy atom. The molecule has 1 saturated carbocycles. The van der Waals surface area contributed by atoms with E-state index in [0.29, 0.717) is 12.2 Å². The van der Waals surface area contributed by atoms with Crippen molar-refractivity contribution in [2.45, 2.75) is 58.3 Å². The molecule has 0 spiro atoms. The molecule has 124 valence electrons. The number of rotatable bonds is 8. The third-order valence-electron chi connectivity index (χ3n) is 4.85. The van der Waals surface area contributed by atoms with Crippen LogP contribution in [0, 0.1) is 23.2 Å². The quantitative estimate of drug-likeness (QED) is 0.443. The summed E-state index contributed by atoms with van der Waals surface area (Å²) in [7, 11) is 0. The van der Waals surface area contributed by atoms with Crippen LogP contribution < -0.4 is 4.74 Å². The van der Waals surface area contributed by atoms with Crippen molar-refractivity contribution in [2.75, 3.05) is 6.61 Å². The Morgan fingerprint density at radius 2 is 1.87 bits per heavy atom. The summed E-state index contributed by atoms with van der Waals surface area (Å²) in [6.45, 7) is 2.89. The molecule has 0 heterocycles. The van der Waals surface area contributed by atoms with E-state index < -0.39 is 0 Å². The van der Waals surface area contributed by atoms with E-state index in [9.17, 15) is 0 Å². The molecule has 0 amide bonds. The first-order valence-corrected chi connectivity index (χ1v) is 9.11. The van der Waals surface area contributed by atoms with E-state index >= 15 is 0 Å². The average Bonchev–Trinajstić information content (AvgIpc) is 2.61. The Bertz CT molecular complexity index is 504. The fourth-order valence-corrected chi connectivity index (χ4v) is 3.37. The molecule has 1 aliphatic rings. The highest BCUT2D eigenvalue weighted by Gasteiger charge is 2.18. The molecule has 0 bridgehead atoms. The number of hydrogen-bond donors (Lipinski definition) is 0. The fourth-order valence-electron chi connectivity index (χ4n) is 3.37. The first-order valence-electron chi connectivity index (χ1n) is 9.11. The minimum atomic E-state index is 0.613. The molecular weight excluding hydrogens is 282 g/mol. The molecule has 0 radical (unpaired) electrons. The minimum Gasteiger partial charge on any atom is -0.490 e. The van der Waals surface area contributed by atoms with E-state index in [1.165, 1.54) is 51.4 Å². The van der Waals surface area contributed by atoms with Crippen LogP contribution in [0.3, 0.4) is 0 Å². The van der Waals surface area contributed by atoms with Crippen LogP contribution in [0.4, 0.5) is 0 Å². The molecule has 2 heteroatoms. The summed E-state index contributed by atoms with van der Waals surface area (Å²) in [4.78, 5) is 0. The predicted octanol–water partition coefficient (Wildman–Crippen LogP) is 5.88. The van der Waals surface area contributed by atoms with Gasteiger partial charge >= 0.3 is 0 Å². The van der Waals surface area contributed by atoms with E-state index in [1.807, 2.05) is 12.1 Å². The van der Waals surface area contributed by atoms with E-state index in [4.69, 9.17) is 10.00 Å². The number of hydrogen-bond acceptors (Lipinski definition) is 2. The van der Waals surface area contributed by atoms with Crippen LogP contribution in [0.5, 0.6) is 5.75 Å². The van der Waals surface area contributed by atoms with Crippen LogP contribution in [0.25, 0.3) is 0 Å². The van der Waals surface area contributed by atoms with Gasteiger partial charge in [-0.15, -0.1) is 0 Å². The minimum absolute atomic E-state index is 0.613. The van der Waals surface area contributed by atoms with Gasteiger partial charge in [0.2, 0.25) is 0 Å². The summed E-state index contributed by atoms with van der Waals surface area (Å²) in [6.07, 6.45) is 15.5. The highest BCUT2D eigenvalue weighted by atomic mass is 16.5. The average molecular weight is 311 g/mol. The van der Waals surface area contributed by atoms with Gasteiger partial charge in [-0.3, -0.25) is 0 Å². The molecule has 0 aliphatic heterocycles. The number of benzene rings is 1. The molecule has 0 unspecified atom stereocenters. The van der Waals surface area contributed by atoms with Crippen LogP contribution in [0.15, 0.2) is 36.4 Å². The first-order chi connectivity index (χ1) is 11.3. The van der Waals surface area contributed by atoms with Crippen molar-refractivity contribution in [3.63, 3.8) is 0 Å². The Kier molecular flexibility index (Phi) is 7.73. The van der Waals surface area contributed by atoms with Crippen LogP contribution in [0.1, 0.15) is 63.9 Å². The van der Waals surface area contributed by atoms with Crippen molar-refractivity contribution < 1.29 is 4.74 Å². The van der Waals surface area contributed by atoms with E-state index in [0.717, 1.165) is 17.6 Å². The Labute approximate surface area is 141 Å². The molecule has 1 aromatic rings. The summed E-state index contributed by atoms with van der Waals surface area (Å²) in [6, 6.07) is 9.41. The van der Waals surface area contributed by atoms with Crippen LogP contribution in [-0.4, -0.2) is 6.61 Å². The van der Waals surface area contributed by atoms with Gasteiger partial charge in [-0.25, -0.2) is 0 Å². The molecule has 23 heavy (non-hydrogen) atoms. The molecule has 1 fully saturated rings. The Balaban J connectivity index is 1.62. The zero-order valence-electron chi connectivity index (χ0n) is 14.3. The van der Waals surface area contributed by atoms with Gasteiger partial charge in [0.15, 0.2) is 0 Å². The molecule has 2 rings (SSSR count). The second kappa shape index (κ2) is 10.1. The summed E-state index contributed by atoms with van der Waals surface area (Å²) in [5, 5.41) is 8.76. The highest BCUT2D eigenvalue weighted by molar-refractivity contribution is 5.34. The monoisotopic (exact) mass is 311 g/mol. The third-order valence-corrected chi connectivity index (χ3v) is 4.85. The Hall–Kier alpha value is -1.75. The molecule has 0 N–H and O–H groups in total. The lowest BCUT2D eigenvalue weighted by Gasteiger charge is -2.26. The lowest BCUT2D eigenvalue weighted by molar-refractivity contribution is 0.288. The van der Waals surface area contributed by atoms with Crippen LogP contribution >= 0.6 is 0 Å². The summed E-state index contributed by atoms with van der Waals surface area (Å²) in [5.74, 6) is 2.54. The van der Waals surface area contributed by atoms with E-state index in [2.05, 4.69) is 25.1 Å². The topological polar surface area (TPSA) is 33.0 Å². The normalized spacial score (nSPS) is 21.2. The van der Waals surface area contributed by atoms with Gasteiger partial charge < -0.3 is 4.74 Å². The smallest absolute Gasteiger partial charge is 0.119 e. The molecular formula is C21H29NO. The largest absolute Gasteiger partial charge is 0.490 e. The molecule has 1 aliphatic carbocycles. The SMILES string of the molecule is CCCCC[C@H]1CC[C@H](/C=C/COc2ccc(C#N)cc2)CC1. The molecule has 0 atom stereocenters. The van der Waals surface area contributed by atoms with Gasteiger partial charge in [0, 0.05) is 0 Å². The van der Waals surface area contributed by atoms with Crippen molar-refractivity contribution in [3.05, 3.63) is 42.0 Å². The van der Waals surface area contributed by atoms with Crippen LogP contribution in [0.2, 0.25) is 0 Å². The number of allylic oxidation sites excluding steroid dienone is 1. The van der Waals surface area contributed by atoms with Gasteiger partial charge in [0.25, 0.3) is 0 Å². The zero-order valence-corrected chi connectivity index (χ0v) is 14.3. The van der Waals surface area contributed by atoms with Crippen molar-refractivity contribution in [1.29, 1.82) is 5.26 Å². The summed E-state index contributed by atoms with van der Waals surface area (Å²) in [5.41, 5.74) is 0.670. The molecule has 1 aromatic carbocycles. The second-order valence-electron chi connectivity index (χ2n) is 6.65. The maximum Gasteiger partial charge on any atom is 0.119 e. The third kappa shape index (κ3) is 6.48. The van der Waals surface area contributed by atoms with E-state index in [1.54, 1.807) is 12.1 Å². The standard InChI is InChI=1S/C21H29NO/c1-2-3-4-6-18-8-10-19(11-9-18)7-5-16-23-21-14-12-20(17-22)13-15-21/h5,7,12-15,18-19H,2-4,6,8-11,16H2,1H3/b7-5+/t18-,19-. The highest BCUT2D eigenvalue weighted by Crippen LogP contribution is 2.32. The number of ether oxygens (including phenoxy) is 1. The van der Waals surface area contributed by atoms with Crippen molar-refractivity contribution in [3.8, 4) is 11.8 Å². The maximum absolute atomic E-state index is 8.76. The summed E-state index contributed by atoms with van der Waals surface area (Å²) >= 11 is 0. The van der Waals surface area contributed by atoms with Crippen molar-refractivity contribution >= 4 is 0 Å². The number of unbranched alkanes of at least 4 members (excludes halogenated alkanes) is 2. The molecule has 0 aromatic heterocycles. The fraction of sp³-hybridized carbons (Fsp3) is 0.571. The second-order valence-corrected chi connectivity index (χ2v) is 6.65. The number of nitrogens with zero attached hydrogens (tertiary/aromatic N) is 1. The van der Waals surface area contributed by atoms with Gasteiger partial charge in [0.1, 0.15) is 12.4 Å². The Morgan fingerprint density at radius 3 is 2.52 bits per heavy atom. The summed E-state index contributed by atoms with van der Waals surface area (Å²) < 4.78 is 5.69. The van der Waals surface area contributed by atoms with Crippen molar-refractivity contribution in [1.82, 2.24) is 0 Å². The van der Waals surface area contributed by atoms with Crippen LogP contribution in [-0.2, 0) is 0 Å². The molecule has 0 saturated heterocycles. The van der Waals surface area contributed by atoms with Gasteiger partial charge in [-0.1, -0.05) is 44.8 Å². The first kappa shape index (κ1) is 17.6. The number of nitriles is 1. The van der Waals surface area contributed by atoms with Gasteiger partial charge in [-0.2, -0.15) is 5.26 Å². The lowest BCUT2D eigenvalue weighted by atomic mass is 9.79. The maximum atomic E-state index is 8.76. The van der Waals surface area contributed by atoms with Crippen molar-refractivity contribution in [2.24, 2.45) is 11.8 Å². The zero-order chi connectivity index (χ0) is 16.3. The molecule has 2 nitrogen and oxygen atoms in total. The van der Waals surface area contributed by atoms with Gasteiger partial charge in [0.05, 0.1) is 11.6 Å². The lowest BCUT2D eigenvalue weighted by Crippen LogP contribution is -2.13. The van der Waals surface area contributed by atoms with E-state index in [-0.39, 0.29) is 0 Å².